The van der Waals surface area contributed by atoms with Gasteiger partial charge < -0.3 is 10.0 Å². The molecule has 0 heterocycles. The van der Waals surface area contributed by atoms with E-state index in [4.69, 9.17) is 5.11 Å². The Morgan fingerprint density at radius 3 is 2.38 bits per heavy atom. The quantitative estimate of drug-likeness (QED) is 0.841. The van der Waals surface area contributed by atoms with Gasteiger partial charge in [0.2, 0.25) is 0 Å². The summed E-state index contributed by atoms with van der Waals surface area (Å²) in [6, 6.07) is 8.20. The molecule has 0 amide bonds. The van der Waals surface area contributed by atoms with E-state index in [-0.39, 0.29) is 6.61 Å². The van der Waals surface area contributed by atoms with E-state index in [9.17, 15) is 0 Å². The molecule has 0 spiro atoms. The first-order valence-electron chi connectivity index (χ1n) is 6.20. The van der Waals surface area contributed by atoms with Crippen LogP contribution < -0.4 is 4.90 Å². The van der Waals surface area contributed by atoms with Crippen molar-refractivity contribution in [3.63, 3.8) is 0 Å². The van der Waals surface area contributed by atoms with Crippen LogP contribution in [0.25, 0.3) is 0 Å². The Morgan fingerprint density at radius 1 is 1.19 bits per heavy atom. The number of benzene rings is 1. The number of hydrogen-bond donors (Lipinski definition) is 1. The van der Waals surface area contributed by atoms with Crippen LogP contribution in [0.1, 0.15) is 31.2 Å². The normalized spacial score (nSPS) is 16.6. The molecule has 1 aliphatic carbocycles. The maximum Gasteiger partial charge on any atom is 0.0681 e. The summed E-state index contributed by atoms with van der Waals surface area (Å²) >= 11 is 0. The average molecular weight is 219 g/mol. The zero-order valence-electron chi connectivity index (χ0n) is 10.0. The first kappa shape index (κ1) is 11.5. The van der Waals surface area contributed by atoms with Gasteiger partial charge in [-0.05, 0) is 36.5 Å². The molecular formula is C14H21NO. The Bertz CT molecular complexity index is 314. The van der Waals surface area contributed by atoms with Crippen molar-refractivity contribution >= 4 is 5.69 Å². The fourth-order valence-corrected chi connectivity index (χ4v) is 2.54. The molecule has 1 saturated carbocycles. The first-order valence-corrected chi connectivity index (χ1v) is 6.20. The lowest BCUT2D eigenvalue weighted by atomic mass is 10.1. The van der Waals surface area contributed by atoms with Crippen LogP contribution >= 0.6 is 0 Å². The first-order chi connectivity index (χ1) is 7.79. The minimum absolute atomic E-state index is 0.132. The van der Waals surface area contributed by atoms with E-state index in [0.29, 0.717) is 0 Å². The number of nitrogens with zero attached hydrogens (tertiary/aromatic N) is 1. The topological polar surface area (TPSA) is 23.5 Å². The summed E-state index contributed by atoms with van der Waals surface area (Å²) in [6.45, 7) is 1.30. The lowest BCUT2D eigenvalue weighted by Crippen LogP contribution is -2.23. The van der Waals surface area contributed by atoms with Gasteiger partial charge in [0.05, 0.1) is 6.61 Å². The van der Waals surface area contributed by atoms with Gasteiger partial charge in [-0.25, -0.2) is 0 Å². The molecule has 1 aromatic carbocycles. The van der Waals surface area contributed by atoms with E-state index in [1.807, 2.05) is 12.1 Å². The molecule has 1 aromatic rings. The van der Waals surface area contributed by atoms with Gasteiger partial charge in [0.1, 0.15) is 0 Å². The van der Waals surface area contributed by atoms with Crippen LogP contribution in [0.2, 0.25) is 0 Å². The summed E-state index contributed by atoms with van der Waals surface area (Å²) in [5.74, 6) is 0.877. The van der Waals surface area contributed by atoms with Crippen LogP contribution in [0.3, 0.4) is 0 Å². The minimum atomic E-state index is 0.132. The van der Waals surface area contributed by atoms with Crippen LogP contribution in [0.5, 0.6) is 0 Å². The Labute approximate surface area is 97.9 Å². The molecule has 16 heavy (non-hydrogen) atoms. The molecule has 1 fully saturated rings. The summed E-state index contributed by atoms with van der Waals surface area (Å²) < 4.78 is 0. The van der Waals surface area contributed by atoms with E-state index < -0.39 is 0 Å². The van der Waals surface area contributed by atoms with Gasteiger partial charge in [0.15, 0.2) is 0 Å². The third-order valence-electron chi connectivity index (χ3n) is 3.57. The Balaban J connectivity index is 1.94. The largest absolute Gasteiger partial charge is 0.392 e. The second-order valence-corrected chi connectivity index (χ2v) is 4.86. The number of hydrogen-bond acceptors (Lipinski definition) is 2. The van der Waals surface area contributed by atoms with Crippen molar-refractivity contribution in [2.75, 3.05) is 18.5 Å². The van der Waals surface area contributed by atoms with Gasteiger partial charge in [0, 0.05) is 19.3 Å². The Hall–Kier alpha value is -1.02. The minimum Gasteiger partial charge on any atom is -0.392 e. The van der Waals surface area contributed by atoms with Crippen molar-refractivity contribution in [1.29, 1.82) is 0 Å². The van der Waals surface area contributed by atoms with Gasteiger partial charge >= 0.3 is 0 Å². The molecular weight excluding hydrogens is 198 g/mol. The smallest absolute Gasteiger partial charge is 0.0681 e. The summed E-state index contributed by atoms with van der Waals surface area (Å²) in [7, 11) is 2.16. The van der Waals surface area contributed by atoms with Crippen molar-refractivity contribution in [3.8, 4) is 0 Å². The number of aliphatic hydroxyl groups excluding tert-OH is 1. The highest BCUT2D eigenvalue weighted by molar-refractivity contribution is 5.46. The van der Waals surface area contributed by atoms with Crippen LogP contribution in [0.15, 0.2) is 24.3 Å². The van der Waals surface area contributed by atoms with Crippen LogP contribution in [-0.2, 0) is 6.61 Å². The monoisotopic (exact) mass is 219 g/mol. The molecule has 0 atom stereocenters. The van der Waals surface area contributed by atoms with Crippen LogP contribution in [0, 0.1) is 5.92 Å². The van der Waals surface area contributed by atoms with E-state index in [1.54, 1.807) is 0 Å². The summed E-state index contributed by atoms with van der Waals surface area (Å²) in [5.41, 5.74) is 2.24. The van der Waals surface area contributed by atoms with Crippen molar-refractivity contribution in [2.24, 2.45) is 5.92 Å². The molecule has 2 rings (SSSR count). The average Bonchev–Trinajstić information content (AvgIpc) is 2.82. The summed E-state index contributed by atoms with van der Waals surface area (Å²) in [4.78, 5) is 2.33. The molecule has 0 bridgehead atoms. The molecule has 1 aliphatic rings. The lowest BCUT2D eigenvalue weighted by Gasteiger charge is -2.23. The SMILES string of the molecule is CN(CC1CCCC1)c1ccc(CO)cc1. The van der Waals surface area contributed by atoms with Gasteiger partial charge in [-0.2, -0.15) is 0 Å². The predicted octanol–water partition coefficient (Wildman–Crippen LogP) is 2.81. The maximum atomic E-state index is 8.98. The standard InChI is InChI=1S/C14H21NO/c1-15(10-12-4-2-3-5-12)14-8-6-13(11-16)7-9-14/h6-9,12,16H,2-5,10-11H2,1H3. The maximum absolute atomic E-state index is 8.98. The number of aliphatic hydroxyl groups is 1. The van der Waals surface area contributed by atoms with E-state index in [1.165, 1.54) is 37.9 Å². The van der Waals surface area contributed by atoms with Gasteiger partial charge in [-0.1, -0.05) is 25.0 Å². The zero-order chi connectivity index (χ0) is 11.4. The van der Waals surface area contributed by atoms with Crippen molar-refractivity contribution in [2.45, 2.75) is 32.3 Å². The predicted molar refractivity (Wildman–Crippen MR) is 67.6 cm³/mol. The molecule has 0 aliphatic heterocycles. The zero-order valence-corrected chi connectivity index (χ0v) is 10.0. The van der Waals surface area contributed by atoms with E-state index >= 15 is 0 Å². The van der Waals surface area contributed by atoms with Crippen molar-refractivity contribution in [3.05, 3.63) is 29.8 Å². The summed E-state index contributed by atoms with van der Waals surface area (Å²) in [6.07, 6.45) is 5.59. The third kappa shape index (κ3) is 2.76. The van der Waals surface area contributed by atoms with Crippen molar-refractivity contribution in [1.82, 2.24) is 0 Å². The molecule has 1 N–H and O–H groups in total. The van der Waals surface area contributed by atoms with E-state index in [2.05, 4.69) is 24.1 Å². The second kappa shape index (κ2) is 5.35. The number of anilines is 1. The number of rotatable bonds is 4. The second-order valence-electron chi connectivity index (χ2n) is 4.86. The van der Waals surface area contributed by atoms with Gasteiger partial charge in [0.25, 0.3) is 0 Å². The lowest BCUT2D eigenvalue weighted by molar-refractivity contribution is 0.282. The summed E-state index contributed by atoms with van der Waals surface area (Å²) in [5, 5.41) is 8.98. The Morgan fingerprint density at radius 2 is 1.81 bits per heavy atom. The molecule has 0 aromatic heterocycles. The third-order valence-corrected chi connectivity index (χ3v) is 3.57. The Kier molecular flexibility index (Phi) is 3.83. The highest BCUT2D eigenvalue weighted by atomic mass is 16.3. The molecule has 2 heteroatoms. The molecule has 0 unspecified atom stereocenters. The van der Waals surface area contributed by atoms with Gasteiger partial charge in [-0.15, -0.1) is 0 Å². The molecule has 88 valence electrons. The highest BCUT2D eigenvalue weighted by Gasteiger charge is 2.16. The van der Waals surface area contributed by atoms with Crippen molar-refractivity contribution < 1.29 is 5.11 Å². The van der Waals surface area contributed by atoms with E-state index in [0.717, 1.165) is 11.5 Å². The fraction of sp³-hybridized carbons (Fsp3) is 0.571. The molecule has 0 saturated heterocycles. The molecule has 2 nitrogen and oxygen atoms in total. The van der Waals surface area contributed by atoms with Gasteiger partial charge in [-0.3, -0.25) is 0 Å². The fourth-order valence-electron chi connectivity index (χ4n) is 2.54. The van der Waals surface area contributed by atoms with Crippen LogP contribution in [0.4, 0.5) is 5.69 Å². The highest BCUT2D eigenvalue weighted by Crippen LogP contribution is 2.26. The molecule has 0 radical (unpaired) electrons. The van der Waals surface area contributed by atoms with Crippen LogP contribution in [-0.4, -0.2) is 18.7 Å².